The van der Waals surface area contributed by atoms with Gasteiger partial charge < -0.3 is 15.8 Å². The molecule has 1 aliphatic heterocycles. The number of nitrogens with two attached hydrogens (primary N) is 1. The largest absolute Gasteiger partial charge is 0.459 e. The topological polar surface area (TPSA) is 77.2 Å². The zero-order valence-electron chi connectivity index (χ0n) is 20.9. The summed E-state index contributed by atoms with van der Waals surface area (Å²) < 4.78 is 21.4. The SMILES string of the molecule is CC(C)(C)C[C@H]1N[C@H](C(=O)OC(C)(C)C)[C@H](c2cccc(Cl)c2F)[C@@]1(CN)c1cnc(Cl)cc1Cl. The van der Waals surface area contributed by atoms with Crippen molar-refractivity contribution in [3.63, 3.8) is 0 Å². The second kappa shape index (κ2) is 10.1. The van der Waals surface area contributed by atoms with Crippen molar-refractivity contribution in [3.8, 4) is 0 Å². The Morgan fingerprint density at radius 3 is 2.37 bits per heavy atom. The number of nitrogens with one attached hydrogen (secondary N) is 1. The number of pyridine rings is 1. The van der Waals surface area contributed by atoms with Crippen LogP contribution in [0.1, 0.15) is 65.0 Å². The van der Waals surface area contributed by atoms with Crippen molar-refractivity contribution in [2.24, 2.45) is 11.1 Å². The van der Waals surface area contributed by atoms with E-state index in [1.165, 1.54) is 12.1 Å². The molecule has 0 radical (unpaired) electrons. The molecule has 192 valence electrons. The highest BCUT2D eigenvalue weighted by Gasteiger charge is 2.60. The van der Waals surface area contributed by atoms with Crippen LogP contribution in [-0.2, 0) is 14.9 Å². The third kappa shape index (κ3) is 5.78. The maximum absolute atomic E-state index is 15.6. The molecule has 1 fully saturated rings. The van der Waals surface area contributed by atoms with Gasteiger partial charge in [-0.3, -0.25) is 4.79 Å². The minimum atomic E-state index is -1.02. The van der Waals surface area contributed by atoms with Gasteiger partial charge in [-0.15, -0.1) is 0 Å². The molecule has 0 aliphatic carbocycles. The molecule has 0 unspecified atom stereocenters. The zero-order chi connectivity index (χ0) is 26.3. The number of benzene rings is 1. The number of ether oxygens (including phenoxy) is 1. The van der Waals surface area contributed by atoms with Crippen LogP contribution in [0, 0.1) is 11.2 Å². The number of esters is 1. The summed E-state index contributed by atoms with van der Waals surface area (Å²) in [4.78, 5) is 17.8. The third-order valence-electron chi connectivity index (χ3n) is 6.34. The molecule has 1 aromatic heterocycles. The summed E-state index contributed by atoms with van der Waals surface area (Å²) in [5.74, 6) is -1.90. The van der Waals surface area contributed by atoms with Crippen LogP contribution in [-0.4, -0.2) is 35.2 Å². The van der Waals surface area contributed by atoms with E-state index in [-0.39, 0.29) is 33.7 Å². The van der Waals surface area contributed by atoms with E-state index in [1.807, 2.05) is 0 Å². The highest BCUT2D eigenvalue weighted by Crippen LogP contribution is 2.53. The van der Waals surface area contributed by atoms with E-state index in [9.17, 15) is 4.79 Å². The van der Waals surface area contributed by atoms with Crippen molar-refractivity contribution >= 4 is 40.8 Å². The Labute approximate surface area is 221 Å². The lowest BCUT2D eigenvalue weighted by Gasteiger charge is -2.42. The first-order valence-corrected chi connectivity index (χ1v) is 12.7. The molecule has 9 heteroatoms. The fraction of sp³-hybridized carbons (Fsp3) is 0.538. The van der Waals surface area contributed by atoms with Gasteiger partial charge in [-0.1, -0.05) is 67.7 Å². The molecule has 4 atom stereocenters. The summed E-state index contributed by atoms with van der Waals surface area (Å²) in [6.45, 7) is 11.7. The number of hydrogen-bond donors (Lipinski definition) is 2. The van der Waals surface area contributed by atoms with Crippen molar-refractivity contribution < 1.29 is 13.9 Å². The lowest BCUT2D eigenvalue weighted by atomic mass is 9.62. The standard InChI is InChI=1S/C26H33Cl3FN3O2/c1-24(2,3)11-18-26(13-31,15-12-32-19(29)10-17(15)28)20(14-8-7-9-16(27)21(14)30)22(33-18)23(34)35-25(4,5)6/h7-10,12,18,20,22,33H,11,13,31H2,1-6H3/t18-,20+,22+,26+/m1/s1. The van der Waals surface area contributed by atoms with Crippen molar-refractivity contribution in [3.05, 3.63) is 62.6 Å². The van der Waals surface area contributed by atoms with Crippen molar-refractivity contribution in [2.45, 2.75) is 77.0 Å². The minimum Gasteiger partial charge on any atom is -0.459 e. The number of halogens is 4. The first kappa shape index (κ1) is 28.1. The fourth-order valence-corrected chi connectivity index (χ4v) is 5.82. The van der Waals surface area contributed by atoms with Gasteiger partial charge in [0.1, 0.15) is 22.6 Å². The molecule has 35 heavy (non-hydrogen) atoms. The molecule has 1 aromatic carbocycles. The number of aromatic nitrogens is 1. The van der Waals surface area contributed by atoms with E-state index in [0.29, 0.717) is 17.0 Å². The number of rotatable bonds is 5. The molecular formula is C26H33Cl3FN3O2. The molecule has 0 saturated carbocycles. The average Bonchev–Trinajstić information content (AvgIpc) is 3.02. The van der Waals surface area contributed by atoms with Gasteiger partial charge in [-0.05, 0) is 55.9 Å². The number of carbonyl (C=O) groups is 1. The van der Waals surface area contributed by atoms with E-state index in [2.05, 4.69) is 31.1 Å². The Kier molecular flexibility index (Phi) is 8.15. The van der Waals surface area contributed by atoms with Gasteiger partial charge in [0.25, 0.3) is 0 Å². The van der Waals surface area contributed by atoms with Gasteiger partial charge in [0.15, 0.2) is 0 Å². The van der Waals surface area contributed by atoms with E-state index < -0.39 is 34.8 Å². The van der Waals surface area contributed by atoms with Crippen molar-refractivity contribution in [1.82, 2.24) is 10.3 Å². The molecule has 2 aromatic rings. The van der Waals surface area contributed by atoms with Crippen LogP contribution in [0.25, 0.3) is 0 Å². The first-order chi connectivity index (χ1) is 16.1. The number of nitrogens with zero attached hydrogens (tertiary/aromatic N) is 1. The van der Waals surface area contributed by atoms with E-state index >= 15 is 4.39 Å². The monoisotopic (exact) mass is 543 g/mol. The molecule has 1 aliphatic rings. The molecule has 0 amide bonds. The Bertz CT molecular complexity index is 1100. The number of carbonyl (C=O) groups excluding carboxylic acids is 1. The Balaban J connectivity index is 2.35. The second-order valence-electron chi connectivity index (χ2n) is 11.3. The zero-order valence-corrected chi connectivity index (χ0v) is 23.2. The Morgan fingerprint density at radius 2 is 1.83 bits per heavy atom. The molecule has 0 spiro atoms. The highest BCUT2D eigenvalue weighted by atomic mass is 35.5. The molecule has 0 bridgehead atoms. The summed E-state index contributed by atoms with van der Waals surface area (Å²) in [5.41, 5.74) is 5.47. The van der Waals surface area contributed by atoms with E-state index in [4.69, 9.17) is 45.3 Å². The lowest BCUT2D eigenvalue weighted by Crippen LogP contribution is -2.50. The van der Waals surface area contributed by atoms with E-state index in [1.54, 1.807) is 39.1 Å². The normalized spacial score (nSPS) is 25.1. The van der Waals surface area contributed by atoms with Gasteiger partial charge in [0.05, 0.1) is 5.02 Å². The minimum absolute atomic E-state index is 0.0454. The first-order valence-electron chi connectivity index (χ1n) is 11.5. The fourth-order valence-electron chi connectivity index (χ4n) is 5.10. The third-order valence-corrected chi connectivity index (χ3v) is 7.16. The molecule has 2 heterocycles. The predicted octanol–water partition coefficient (Wildman–Crippen LogP) is 6.28. The van der Waals surface area contributed by atoms with Crippen LogP contribution in [0.5, 0.6) is 0 Å². The van der Waals surface area contributed by atoms with Crippen LogP contribution < -0.4 is 11.1 Å². The van der Waals surface area contributed by atoms with Crippen molar-refractivity contribution in [1.29, 1.82) is 0 Å². The Morgan fingerprint density at radius 1 is 1.17 bits per heavy atom. The average molecular weight is 545 g/mol. The van der Waals surface area contributed by atoms with Crippen LogP contribution >= 0.6 is 34.8 Å². The van der Waals surface area contributed by atoms with Crippen molar-refractivity contribution in [2.75, 3.05) is 6.54 Å². The maximum Gasteiger partial charge on any atom is 0.324 e. The summed E-state index contributed by atoms with van der Waals surface area (Å²) >= 11 is 19.0. The summed E-state index contributed by atoms with van der Waals surface area (Å²) in [5, 5.41) is 3.98. The summed E-state index contributed by atoms with van der Waals surface area (Å²) in [6, 6.07) is 5.02. The van der Waals surface area contributed by atoms with Crippen LogP contribution in [0.3, 0.4) is 0 Å². The summed E-state index contributed by atoms with van der Waals surface area (Å²) in [7, 11) is 0. The van der Waals surface area contributed by atoms with Gasteiger partial charge in [-0.25, -0.2) is 9.37 Å². The maximum atomic E-state index is 15.6. The van der Waals surface area contributed by atoms with Gasteiger partial charge in [-0.2, -0.15) is 0 Å². The van der Waals surface area contributed by atoms with Crippen LogP contribution in [0.2, 0.25) is 15.2 Å². The molecular weight excluding hydrogens is 512 g/mol. The molecule has 3 rings (SSSR count). The van der Waals surface area contributed by atoms with Crippen LogP contribution in [0.4, 0.5) is 4.39 Å². The number of hydrogen-bond acceptors (Lipinski definition) is 5. The smallest absolute Gasteiger partial charge is 0.324 e. The van der Waals surface area contributed by atoms with Crippen LogP contribution in [0.15, 0.2) is 30.5 Å². The molecule has 3 N–H and O–H groups in total. The highest BCUT2D eigenvalue weighted by molar-refractivity contribution is 6.34. The summed E-state index contributed by atoms with van der Waals surface area (Å²) in [6.07, 6.45) is 2.18. The van der Waals surface area contributed by atoms with Gasteiger partial charge in [0, 0.05) is 35.1 Å². The molecule has 1 saturated heterocycles. The predicted molar refractivity (Wildman–Crippen MR) is 140 cm³/mol. The quantitative estimate of drug-likeness (QED) is 0.342. The van der Waals surface area contributed by atoms with Gasteiger partial charge in [0.2, 0.25) is 0 Å². The Hall–Kier alpha value is -1.44. The molecule has 5 nitrogen and oxygen atoms in total. The van der Waals surface area contributed by atoms with Gasteiger partial charge >= 0.3 is 5.97 Å². The second-order valence-corrected chi connectivity index (χ2v) is 12.5. The lowest BCUT2D eigenvalue weighted by molar-refractivity contribution is -0.157. The van der Waals surface area contributed by atoms with E-state index in [0.717, 1.165) is 0 Å².